The summed E-state index contributed by atoms with van der Waals surface area (Å²) in [5.41, 5.74) is -0.405. The van der Waals surface area contributed by atoms with E-state index in [1.807, 2.05) is 0 Å². The number of phenolic OH excluding ortho intramolecular Hbond substituents is 1. The number of hydrogen-bond donors (Lipinski definition) is 3. The van der Waals surface area contributed by atoms with Crippen LogP contribution < -0.4 is 5.32 Å². The van der Waals surface area contributed by atoms with E-state index in [-0.39, 0.29) is 18.6 Å². The van der Waals surface area contributed by atoms with Gasteiger partial charge in [0.05, 0.1) is 12.7 Å². The van der Waals surface area contributed by atoms with Crippen LogP contribution in [-0.2, 0) is 14.3 Å². The molecule has 1 aromatic carbocycles. The van der Waals surface area contributed by atoms with Crippen molar-refractivity contribution in [2.24, 2.45) is 0 Å². The highest BCUT2D eigenvalue weighted by Gasteiger charge is 2.23. The molecule has 0 heterocycles. The van der Waals surface area contributed by atoms with Gasteiger partial charge in [-0.15, -0.1) is 0 Å². The Morgan fingerprint density at radius 3 is 2.57 bits per heavy atom. The molecule has 0 saturated carbocycles. The van der Waals surface area contributed by atoms with Gasteiger partial charge in [0.2, 0.25) is 0 Å². The van der Waals surface area contributed by atoms with Gasteiger partial charge in [-0.25, -0.2) is 9.18 Å². The van der Waals surface area contributed by atoms with Gasteiger partial charge in [0.1, 0.15) is 17.6 Å². The summed E-state index contributed by atoms with van der Waals surface area (Å²) in [5, 5.41) is 20.1. The number of nitrogens with one attached hydrogen (secondary N) is 1. The van der Waals surface area contributed by atoms with Gasteiger partial charge in [0.25, 0.3) is 5.91 Å². The number of aromatic hydroxyl groups is 1. The van der Waals surface area contributed by atoms with Gasteiger partial charge in [-0.3, -0.25) is 9.59 Å². The second kappa shape index (κ2) is 7.22. The molecule has 0 aliphatic heterocycles. The quantitative estimate of drug-likeness (QED) is 0.665. The summed E-state index contributed by atoms with van der Waals surface area (Å²) in [4.78, 5) is 33.8. The molecule has 0 aromatic heterocycles. The lowest BCUT2D eigenvalue weighted by Gasteiger charge is -2.14. The minimum atomic E-state index is -1.36. The fraction of sp³-hybridized carbons (Fsp3) is 0.308. The number of ether oxygens (including phenoxy) is 1. The van der Waals surface area contributed by atoms with Crippen molar-refractivity contribution in [3.8, 4) is 5.75 Å². The van der Waals surface area contributed by atoms with E-state index in [1.165, 1.54) is 0 Å². The van der Waals surface area contributed by atoms with Crippen LogP contribution in [0.15, 0.2) is 18.2 Å². The van der Waals surface area contributed by atoms with Crippen molar-refractivity contribution in [2.75, 3.05) is 7.11 Å². The number of hydrogen-bond acceptors (Lipinski definition) is 5. The predicted octanol–water partition coefficient (Wildman–Crippen LogP) is 0.667. The van der Waals surface area contributed by atoms with Crippen molar-refractivity contribution in [3.63, 3.8) is 0 Å². The number of phenols is 1. The van der Waals surface area contributed by atoms with E-state index in [9.17, 15) is 18.8 Å². The Bertz CT molecular complexity index is 560. The summed E-state index contributed by atoms with van der Waals surface area (Å²) in [7, 11) is 1.16. The Kier molecular flexibility index (Phi) is 5.65. The molecule has 0 saturated heterocycles. The Hall–Kier alpha value is -2.64. The number of carboxylic acid groups (broad SMARTS) is 1. The van der Waals surface area contributed by atoms with Crippen LogP contribution in [0, 0.1) is 5.82 Å². The number of amides is 1. The third kappa shape index (κ3) is 4.75. The second-order valence-electron chi connectivity index (χ2n) is 4.14. The maximum Gasteiger partial charge on any atom is 0.326 e. The molecule has 1 amide bonds. The van der Waals surface area contributed by atoms with Crippen LogP contribution in [0.5, 0.6) is 5.75 Å². The third-order valence-corrected chi connectivity index (χ3v) is 2.67. The maximum atomic E-state index is 13.5. The Morgan fingerprint density at radius 1 is 1.38 bits per heavy atom. The molecule has 0 spiro atoms. The Balaban J connectivity index is 2.76. The fourth-order valence-electron chi connectivity index (χ4n) is 1.55. The van der Waals surface area contributed by atoms with Gasteiger partial charge in [0.15, 0.2) is 0 Å². The fourth-order valence-corrected chi connectivity index (χ4v) is 1.55. The Morgan fingerprint density at radius 2 is 2.05 bits per heavy atom. The van der Waals surface area contributed by atoms with Gasteiger partial charge in [-0.2, -0.15) is 0 Å². The monoisotopic (exact) mass is 299 g/mol. The summed E-state index contributed by atoms with van der Waals surface area (Å²) in [6.45, 7) is 0. The molecule has 21 heavy (non-hydrogen) atoms. The lowest BCUT2D eigenvalue weighted by molar-refractivity contribution is -0.142. The summed E-state index contributed by atoms with van der Waals surface area (Å²) < 4.78 is 17.8. The first-order valence-electron chi connectivity index (χ1n) is 5.94. The van der Waals surface area contributed by atoms with Crippen LogP contribution >= 0.6 is 0 Å². The summed E-state index contributed by atoms with van der Waals surface area (Å²) >= 11 is 0. The number of carbonyl (C=O) groups excluding carboxylic acids is 2. The number of benzene rings is 1. The van der Waals surface area contributed by atoms with Gasteiger partial charge in [0, 0.05) is 12.5 Å². The molecule has 1 atom stereocenters. The van der Waals surface area contributed by atoms with Gasteiger partial charge in [-0.1, -0.05) is 0 Å². The van der Waals surface area contributed by atoms with E-state index in [0.717, 1.165) is 25.3 Å². The lowest BCUT2D eigenvalue weighted by atomic mass is 10.1. The van der Waals surface area contributed by atoms with E-state index in [1.54, 1.807) is 0 Å². The van der Waals surface area contributed by atoms with Gasteiger partial charge < -0.3 is 20.3 Å². The molecular weight excluding hydrogens is 285 g/mol. The standard InChI is InChI=1S/C13H14FNO6/c1-21-11(17)5-4-10(13(19)20)15-12(18)8-3-2-7(16)6-9(8)14/h2-3,6,10,16H,4-5H2,1H3,(H,15,18)(H,19,20)/t10-/m1/s1. The van der Waals surface area contributed by atoms with E-state index in [0.29, 0.717) is 0 Å². The molecule has 8 heteroatoms. The highest BCUT2D eigenvalue weighted by molar-refractivity contribution is 5.97. The highest BCUT2D eigenvalue weighted by atomic mass is 19.1. The second-order valence-corrected chi connectivity index (χ2v) is 4.14. The predicted molar refractivity (Wildman–Crippen MR) is 68.2 cm³/mol. The largest absolute Gasteiger partial charge is 0.508 e. The molecule has 0 aliphatic rings. The number of carbonyl (C=O) groups is 3. The zero-order valence-corrected chi connectivity index (χ0v) is 11.1. The minimum Gasteiger partial charge on any atom is -0.508 e. The number of esters is 1. The molecule has 0 radical (unpaired) electrons. The van der Waals surface area contributed by atoms with Crippen molar-refractivity contribution in [2.45, 2.75) is 18.9 Å². The average molecular weight is 299 g/mol. The minimum absolute atomic E-state index is 0.187. The van der Waals surface area contributed by atoms with Crippen LogP contribution in [0.2, 0.25) is 0 Å². The normalized spacial score (nSPS) is 11.5. The van der Waals surface area contributed by atoms with Crippen molar-refractivity contribution in [3.05, 3.63) is 29.6 Å². The van der Waals surface area contributed by atoms with Crippen LogP contribution in [0.1, 0.15) is 23.2 Å². The molecule has 3 N–H and O–H groups in total. The zero-order valence-electron chi connectivity index (χ0n) is 11.1. The molecule has 7 nitrogen and oxygen atoms in total. The van der Waals surface area contributed by atoms with E-state index in [2.05, 4.69) is 10.1 Å². The van der Waals surface area contributed by atoms with Gasteiger partial charge in [-0.05, 0) is 18.6 Å². The van der Waals surface area contributed by atoms with Gasteiger partial charge >= 0.3 is 11.9 Å². The first-order chi connectivity index (χ1) is 9.85. The number of carboxylic acids is 1. The first kappa shape index (κ1) is 16.4. The maximum absolute atomic E-state index is 13.5. The molecule has 0 aliphatic carbocycles. The van der Waals surface area contributed by atoms with Crippen molar-refractivity contribution >= 4 is 17.8 Å². The number of halogens is 1. The van der Waals surface area contributed by atoms with Crippen LogP contribution in [0.3, 0.4) is 0 Å². The van der Waals surface area contributed by atoms with Crippen LogP contribution in [0.25, 0.3) is 0 Å². The van der Waals surface area contributed by atoms with Crippen molar-refractivity contribution in [1.29, 1.82) is 0 Å². The van der Waals surface area contributed by atoms with Crippen molar-refractivity contribution in [1.82, 2.24) is 5.32 Å². The zero-order chi connectivity index (χ0) is 16.0. The first-order valence-corrected chi connectivity index (χ1v) is 5.94. The number of aliphatic carboxylic acids is 1. The van der Waals surface area contributed by atoms with E-state index in [4.69, 9.17) is 10.2 Å². The average Bonchev–Trinajstić information content (AvgIpc) is 2.42. The van der Waals surface area contributed by atoms with Crippen LogP contribution in [-0.4, -0.2) is 41.2 Å². The summed E-state index contributed by atoms with van der Waals surface area (Å²) in [6.07, 6.45) is -0.390. The molecule has 0 bridgehead atoms. The van der Waals surface area contributed by atoms with Crippen molar-refractivity contribution < 1.29 is 33.7 Å². The topological polar surface area (TPSA) is 113 Å². The molecule has 1 aromatic rings. The number of rotatable bonds is 6. The summed E-state index contributed by atoms with van der Waals surface area (Å²) in [5.74, 6) is -4.27. The smallest absolute Gasteiger partial charge is 0.326 e. The molecule has 1 rings (SSSR count). The number of methoxy groups -OCH3 is 1. The molecule has 0 fully saturated rings. The van der Waals surface area contributed by atoms with E-state index < -0.39 is 35.3 Å². The lowest BCUT2D eigenvalue weighted by Crippen LogP contribution is -2.41. The molecule has 0 unspecified atom stereocenters. The Labute approximate surface area is 119 Å². The van der Waals surface area contributed by atoms with Crippen LogP contribution in [0.4, 0.5) is 4.39 Å². The highest BCUT2D eigenvalue weighted by Crippen LogP contribution is 2.15. The van der Waals surface area contributed by atoms with E-state index >= 15 is 0 Å². The molecule has 114 valence electrons. The SMILES string of the molecule is COC(=O)CC[C@@H](NC(=O)c1ccc(O)cc1F)C(=O)O. The third-order valence-electron chi connectivity index (χ3n) is 2.67. The summed E-state index contributed by atoms with van der Waals surface area (Å²) in [6, 6.07) is 1.51. The molecular formula is C13H14FNO6.